The maximum atomic E-state index is 12.0. The Hall–Kier alpha value is -3.15. The van der Waals surface area contributed by atoms with Gasteiger partial charge in [-0.1, -0.05) is 0 Å². The minimum atomic E-state index is -0.280. The van der Waals surface area contributed by atoms with E-state index in [0.29, 0.717) is 11.3 Å². The molecule has 3 aromatic rings. The van der Waals surface area contributed by atoms with Gasteiger partial charge in [-0.25, -0.2) is 4.68 Å². The van der Waals surface area contributed by atoms with Crippen molar-refractivity contribution >= 4 is 11.6 Å². The van der Waals surface area contributed by atoms with Crippen molar-refractivity contribution in [1.29, 1.82) is 0 Å². The van der Waals surface area contributed by atoms with Gasteiger partial charge in [0.2, 0.25) is 5.56 Å². The zero-order chi connectivity index (χ0) is 14.7. The monoisotopic (exact) mass is 280 g/mol. The molecular weight excluding hydrogens is 268 g/mol. The molecule has 1 aromatic carbocycles. The number of hydrogen-bond donors (Lipinski definition) is 2. The summed E-state index contributed by atoms with van der Waals surface area (Å²) in [4.78, 5) is 25.4. The van der Waals surface area contributed by atoms with Gasteiger partial charge in [-0.3, -0.25) is 9.59 Å². The molecule has 21 heavy (non-hydrogen) atoms. The fourth-order valence-electron chi connectivity index (χ4n) is 1.87. The first-order valence-electron chi connectivity index (χ1n) is 6.32. The number of amides is 1. The van der Waals surface area contributed by atoms with Gasteiger partial charge in [0.15, 0.2) is 0 Å². The van der Waals surface area contributed by atoms with Crippen molar-refractivity contribution in [3.05, 3.63) is 77.0 Å². The molecule has 6 heteroatoms. The Morgan fingerprint density at radius 2 is 1.95 bits per heavy atom. The van der Waals surface area contributed by atoms with Gasteiger partial charge in [0.1, 0.15) is 0 Å². The summed E-state index contributed by atoms with van der Waals surface area (Å²) in [5, 5.41) is 6.89. The highest BCUT2D eigenvalue weighted by Gasteiger charge is 2.06. The first-order valence-corrected chi connectivity index (χ1v) is 6.32. The number of carbonyl (C=O) groups is 1. The summed E-state index contributed by atoms with van der Waals surface area (Å²) in [5.74, 6) is -0.280. The van der Waals surface area contributed by atoms with Crippen LogP contribution >= 0.6 is 0 Å². The van der Waals surface area contributed by atoms with E-state index in [1.165, 1.54) is 18.3 Å². The zero-order valence-corrected chi connectivity index (χ0v) is 11.0. The van der Waals surface area contributed by atoms with E-state index >= 15 is 0 Å². The van der Waals surface area contributed by atoms with E-state index in [1.807, 2.05) is 24.4 Å². The van der Waals surface area contributed by atoms with Crippen LogP contribution in [0.4, 0.5) is 5.69 Å². The number of aromatic amines is 1. The number of hydrogen-bond acceptors (Lipinski definition) is 3. The van der Waals surface area contributed by atoms with Crippen LogP contribution in [0.3, 0.4) is 0 Å². The first-order chi connectivity index (χ1) is 10.2. The van der Waals surface area contributed by atoms with E-state index in [0.717, 1.165) is 5.69 Å². The van der Waals surface area contributed by atoms with Crippen molar-refractivity contribution in [3.63, 3.8) is 0 Å². The Morgan fingerprint density at radius 1 is 1.14 bits per heavy atom. The predicted molar refractivity (Wildman–Crippen MR) is 78.6 cm³/mol. The number of pyridine rings is 1. The van der Waals surface area contributed by atoms with Crippen molar-refractivity contribution in [2.24, 2.45) is 0 Å². The molecule has 0 aliphatic rings. The fourth-order valence-corrected chi connectivity index (χ4v) is 1.87. The Balaban J connectivity index is 1.74. The van der Waals surface area contributed by atoms with E-state index in [2.05, 4.69) is 15.4 Å². The van der Waals surface area contributed by atoms with Crippen molar-refractivity contribution in [3.8, 4) is 5.69 Å². The number of anilines is 1. The topological polar surface area (TPSA) is 79.8 Å². The normalized spacial score (nSPS) is 10.3. The number of benzene rings is 1. The lowest BCUT2D eigenvalue weighted by Crippen LogP contribution is -2.14. The van der Waals surface area contributed by atoms with Crippen LogP contribution in [-0.4, -0.2) is 20.7 Å². The van der Waals surface area contributed by atoms with Gasteiger partial charge < -0.3 is 10.3 Å². The van der Waals surface area contributed by atoms with Crippen LogP contribution in [0, 0.1) is 0 Å². The van der Waals surface area contributed by atoms with Gasteiger partial charge in [0.05, 0.1) is 11.3 Å². The molecule has 2 N–H and O–H groups in total. The third-order valence-corrected chi connectivity index (χ3v) is 2.94. The summed E-state index contributed by atoms with van der Waals surface area (Å²) < 4.78 is 1.73. The molecule has 0 atom stereocenters. The molecule has 3 rings (SSSR count). The van der Waals surface area contributed by atoms with Crippen LogP contribution in [0.15, 0.2) is 65.8 Å². The summed E-state index contributed by atoms with van der Waals surface area (Å²) in [6.45, 7) is 0. The molecule has 0 aliphatic heterocycles. The standard InChI is InChI=1S/C15H12N4O2/c20-14-7-2-11(10-16-14)15(21)18-12-3-5-13(6-4-12)19-9-1-8-17-19/h1-10H,(H,16,20)(H,18,21). The Kier molecular flexibility index (Phi) is 3.34. The molecule has 0 spiro atoms. The summed E-state index contributed by atoms with van der Waals surface area (Å²) in [6.07, 6.45) is 4.93. The van der Waals surface area contributed by atoms with E-state index in [4.69, 9.17) is 0 Å². The number of rotatable bonds is 3. The van der Waals surface area contributed by atoms with E-state index in [9.17, 15) is 9.59 Å². The second-order valence-electron chi connectivity index (χ2n) is 4.39. The minimum absolute atomic E-state index is 0.241. The second-order valence-corrected chi connectivity index (χ2v) is 4.39. The van der Waals surface area contributed by atoms with Gasteiger partial charge in [-0.05, 0) is 36.4 Å². The average Bonchev–Trinajstić information content (AvgIpc) is 3.03. The second kappa shape index (κ2) is 5.46. The zero-order valence-electron chi connectivity index (χ0n) is 11.0. The maximum Gasteiger partial charge on any atom is 0.257 e. The molecule has 0 fully saturated rings. The van der Waals surface area contributed by atoms with Crippen molar-refractivity contribution in [1.82, 2.24) is 14.8 Å². The molecule has 0 saturated heterocycles. The van der Waals surface area contributed by atoms with Gasteiger partial charge in [-0.15, -0.1) is 0 Å². The largest absolute Gasteiger partial charge is 0.328 e. The quantitative estimate of drug-likeness (QED) is 0.768. The maximum absolute atomic E-state index is 12.0. The number of H-pyrrole nitrogens is 1. The number of carbonyl (C=O) groups excluding carboxylic acids is 1. The molecule has 0 bridgehead atoms. The summed E-state index contributed by atoms with van der Waals surface area (Å²) >= 11 is 0. The van der Waals surface area contributed by atoms with E-state index in [1.54, 1.807) is 23.0 Å². The molecule has 1 amide bonds. The molecule has 0 saturated carbocycles. The van der Waals surface area contributed by atoms with Crippen LogP contribution in [0.1, 0.15) is 10.4 Å². The van der Waals surface area contributed by atoms with Crippen molar-refractivity contribution in [2.75, 3.05) is 5.32 Å². The Bertz CT molecular complexity index is 784. The lowest BCUT2D eigenvalue weighted by molar-refractivity contribution is 0.102. The first kappa shape index (κ1) is 12.9. The Morgan fingerprint density at radius 3 is 2.57 bits per heavy atom. The van der Waals surface area contributed by atoms with Crippen LogP contribution in [-0.2, 0) is 0 Å². The molecule has 2 aromatic heterocycles. The van der Waals surface area contributed by atoms with Gasteiger partial charge in [0, 0.05) is 30.3 Å². The highest BCUT2D eigenvalue weighted by molar-refractivity contribution is 6.04. The van der Waals surface area contributed by atoms with Gasteiger partial charge in [0.25, 0.3) is 5.91 Å². The summed E-state index contributed by atoms with van der Waals surface area (Å²) in [7, 11) is 0. The smallest absolute Gasteiger partial charge is 0.257 e. The van der Waals surface area contributed by atoms with Crippen molar-refractivity contribution < 1.29 is 4.79 Å². The lowest BCUT2D eigenvalue weighted by Gasteiger charge is -2.06. The fraction of sp³-hybridized carbons (Fsp3) is 0. The Labute approximate surface area is 120 Å². The molecule has 0 aliphatic carbocycles. The average molecular weight is 280 g/mol. The lowest BCUT2D eigenvalue weighted by atomic mass is 10.2. The molecule has 2 heterocycles. The third kappa shape index (κ3) is 2.89. The van der Waals surface area contributed by atoms with Gasteiger partial charge >= 0.3 is 0 Å². The molecule has 0 radical (unpaired) electrons. The van der Waals surface area contributed by atoms with E-state index < -0.39 is 0 Å². The molecule has 0 unspecified atom stereocenters. The molecular formula is C15H12N4O2. The molecule has 6 nitrogen and oxygen atoms in total. The third-order valence-electron chi connectivity index (χ3n) is 2.94. The summed E-state index contributed by atoms with van der Waals surface area (Å²) in [6, 6.07) is 11.9. The number of nitrogens with zero attached hydrogens (tertiary/aromatic N) is 2. The number of aromatic nitrogens is 3. The summed E-state index contributed by atoms with van der Waals surface area (Å²) in [5.41, 5.74) is 1.73. The van der Waals surface area contributed by atoms with Crippen LogP contribution in [0.25, 0.3) is 5.69 Å². The van der Waals surface area contributed by atoms with Crippen LogP contribution in [0.5, 0.6) is 0 Å². The predicted octanol–water partition coefficient (Wildman–Crippen LogP) is 1.81. The molecule has 104 valence electrons. The highest BCUT2D eigenvalue weighted by atomic mass is 16.1. The highest BCUT2D eigenvalue weighted by Crippen LogP contribution is 2.13. The van der Waals surface area contributed by atoms with E-state index in [-0.39, 0.29) is 11.5 Å². The van der Waals surface area contributed by atoms with Crippen molar-refractivity contribution in [2.45, 2.75) is 0 Å². The van der Waals surface area contributed by atoms with Gasteiger partial charge in [-0.2, -0.15) is 5.10 Å². The SMILES string of the molecule is O=C(Nc1ccc(-n2cccn2)cc1)c1ccc(=O)[nH]c1. The van der Waals surface area contributed by atoms with Crippen LogP contribution < -0.4 is 10.9 Å². The van der Waals surface area contributed by atoms with Crippen LogP contribution in [0.2, 0.25) is 0 Å². The minimum Gasteiger partial charge on any atom is -0.328 e. The number of nitrogens with one attached hydrogen (secondary N) is 2.